The summed E-state index contributed by atoms with van der Waals surface area (Å²) in [6.07, 6.45) is 0.738. The maximum Gasteiger partial charge on any atom is 0.338 e. The highest BCUT2D eigenvalue weighted by atomic mass is 32.1. The standard InChI is InChI=1S/C23H23NO4S/c1-27-20-10-5-9-19(15-20)23(26)28-17-22(25)24(16-21-11-6-14-29-21)13-12-18-7-3-2-4-8-18/h2-11,14-15H,12-13,16-17H2,1H3. The van der Waals surface area contributed by atoms with Gasteiger partial charge >= 0.3 is 5.97 Å². The van der Waals surface area contributed by atoms with E-state index in [1.54, 1.807) is 40.5 Å². The predicted octanol–water partition coefficient (Wildman–Crippen LogP) is 4.19. The van der Waals surface area contributed by atoms with Crippen molar-refractivity contribution < 1.29 is 19.1 Å². The number of methoxy groups -OCH3 is 1. The van der Waals surface area contributed by atoms with Crippen LogP contribution in [-0.4, -0.2) is 37.0 Å². The molecule has 0 fully saturated rings. The average Bonchev–Trinajstić information content (AvgIpc) is 3.28. The fourth-order valence-electron chi connectivity index (χ4n) is 2.84. The van der Waals surface area contributed by atoms with E-state index in [4.69, 9.17) is 9.47 Å². The third-order valence-electron chi connectivity index (χ3n) is 4.42. The maximum atomic E-state index is 12.8. The van der Waals surface area contributed by atoms with Gasteiger partial charge in [-0.15, -0.1) is 11.3 Å². The van der Waals surface area contributed by atoms with Crippen LogP contribution in [0.3, 0.4) is 0 Å². The van der Waals surface area contributed by atoms with Gasteiger partial charge in [-0.1, -0.05) is 42.5 Å². The molecule has 0 aliphatic carbocycles. The van der Waals surface area contributed by atoms with Crippen molar-refractivity contribution in [2.75, 3.05) is 20.3 Å². The lowest BCUT2D eigenvalue weighted by atomic mass is 10.1. The molecular formula is C23H23NO4S. The van der Waals surface area contributed by atoms with Crippen LogP contribution in [0.15, 0.2) is 72.1 Å². The first-order valence-corrected chi connectivity index (χ1v) is 10.2. The minimum atomic E-state index is -0.545. The van der Waals surface area contributed by atoms with Gasteiger partial charge in [0.2, 0.25) is 0 Å². The molecule has 0 radical (unpaired) electrons. The summed E-state index contributed by atoms with van der Waals surface area (Å²) < 4.78 is 10.4. The molecule has 3 rings (SSSR count). The van der Waals surface area contributed by atoms with Crippen LogP contribution < -0.4 is 4.74 Å². The Morgan fingerprint density at radius 2 is 1.83 bits per heavy atom. The Balaban J connectivity index is 1.61. The summed E-state index contributed by atoms with van der Waals surface area (Å²) in [4.78, 5) is 27.9. The van der Waals surface area contributed by atoms with Crippen molar-refractivity contribution in [2.24, 2.45) is 0 Å². The van der Waals surface area contributed by atoms with Crippen molar-refractivity contribution in [3.63, 3.8) is 0 Å². The molecular weight excluding hydrogens is 386 g/mol. The molecule has 150 valence electrons. The third kappa shape index (κ3) is 6.19. The van der Waals surface area contributed by atoms with Gasteiger partial charge in [0.15, 0.2) is 6.61 Å². The van der Waals surface area contributed by atoms with Gasteiger partial charge in [0.25, 0.3) is 5.91 Å². The number of thiophene rings is 1. The van der Waals surface area contributed by atoms with Gasteiger partial charge in [-0.05, 0) is 41.6 Å². The Morgan fingerprint density at radius 3 is 2.55 bits per heavy atom. The lowest BCUT2D eigenvalue weighted by Gasteiger charge is -2.22. The molecule has 3 aromatic rings. The number of nitrogens with zero attached hydrogens (tertiary/aromatic N) is 1. The molecule has 6 heteroatoms. The number of amides is 1. The molecule has 1 amide bonds. The lowest BCUT2D eigenvalue weighted by Crippen LogP contribution is -2.35. The van der Waals surface area contributed by atoms with Gasteiger partial charge in [-0.25, -0.2) is 4.79 Å². The van der Waals surface area contributed by atoms with Crippen molar-refractivity contribution in [3.05, 3.63) is 88.1 Å². The van der Waals surface area contributed by atoms with Crippen LogP contribution >= 0.6 is 11.3 Å². The Hall–Kier alpha value is -3.12. The number of hydrogen-bond acceptors (Lipinski definition) is 5. The van der Waals surface area contributed by atoms with Crippen LogP contribution in [0, 0.1) is 0 Å². The molecule has 0 spiro atoms. The van der Waals surface area contributed by atoms with E-state index in [1.807, 2.05) is 47.8 Å². The number of esters is 1. The highest BCUT2D eigenvalue weighted by Crippen LogP contribution is 2.15. The first-order valence-electron chi connectivity index (χ1n) is 9.31. The van der Waals surface area contributed by atoms with Gasteiger partial charge in [-0.2, -0.15) is 0 Å². The van der Waals surface area contributed by atoms with Crippen molar-refractivity contribution in [1.29, 1.82) is 0 Å². The third-order valence-corrected chi connectivity index (χ3v) is 5.29. The number of carbonyl (C=O) groups is 2. The zero-order valence-corrected chi connectivity index (χ0v) is 17.1. The van der Waals surface area contributed by atoms with E-state index in [9.17, 15) is 9.59 Å². The van der Waals surface area contributed by atoms with Gasteiger partial charge in [0.05, 0.1) is 19.2 Å². The van der Waals surface area contributed by atoms with E-state index >= 15 is 0 Å². The van der Waals surface area contributed by atoms with E-state index in [2.05, 4.69) is 0 Å². The van der Waals surface area contributed by atoms with E-state index < -0.39 is 5.97 Å². The minimum absolute atomic E-state index is 0.217. The molecule has 0 saturated heterocycles. The van der Waals surface area contributed by atoms with Crippen LogP contribution in [0.1, 0.15) is 20.8 Å². The smallest absolute Gasteiger partial charge is 0.338 e. The number of ether oxygens (including phenoxy) is 2. The number of benzene rings is 2. The minimum Gasteiger partial charge on any atom is -0.497 e. The molecule has 5 nitrogen and oxygen atoms in total. The highest BCUT2D eigenvalue weighted by Gasteiger charge is 2.18. The van der Waals surface area contributed by atoms with E-state index in [-0.39, 0.29) is 12.5 Å². The summed E-state index contributed by atoms with van der Waals surface area (Å²) in [7, 11) is 1.53. The van der Waals surface area contributed by atoms with Crippen molar-refractivity contribution in [1.82, 2.24) is 4.90 Å². The first-order chi connectivity index (χ1) is 14.2. The lowest BCUT2D eigenvalue weighted by molar-refractivity contribution is -0.135. The quantitative estimate of drug-likeness (QED) is 0.498. The molecule has 0 aliphatic heterocycles. The van der Waals surface area contributed by atoms with Crippen LogP contribution in [0.5, 0.6) is 5.75 Å². The monoisotopic (exact) mass is 409 g/mol. The van der Waals surface area contributed by atoms with Gasteiger partial charge in [-0.3, -0.25) is 4.79 Å². The fourth-order valence-corrected chi connectivity index (χ4v) is 3.56. The highest BCUT2D eigenvalue weighted by molar-refractivity contribution is 7.09. The Labute approximate surface area is 174 Å². The Morgan fingerprint density at radius 1 is 1.00 bits per heavy atom. The second-order valence-corrected chi connectivity index (χ2v) is 7.47. The van der Waals surface area contributed by atoms with Crippen molar-refractivity contribution >= 4 is 23.2 Å². The molecule has 0 atom stereocenters. The molecule has 1 aromatic heterocycles. The van der Waals surface area contributed by atoms with E-state index in [0.717, 1.165) is 16.9 Å². The van der Waals surface area contributed by atoms with Crippen LogP contribution in [0.25, 0.3) is 0 Å². The van der Waals surface area contributed by atoms with Gasteiger partial charge in [0.1, 0.15) is 5.75 Å². The van der Waals surface area contributed by atoms with E-state index in [1.165, 1.54) is 7.11 Å². The second kappa shape index (κ2) is 10.4. The summed E-state index contributed by atoms with van der Waals surface area (Å²) in [5.74, 6) is -0.199. The zero-order chi connectivity index (χ0) is 20.5. The van der Waals surface area contributed by atoms with Gasteiger partial charge in [0, 0.05) is 11.4 Å². The van der Waals surface area contributed by atoms with Crippen LogP contribution in [-0.2, 0) is 22.5 Å². The number of rotatable bonds is 9. The van der Waals surface area contributed by atoms with Crippen molar-refractivity contribution in [3.8, 4) is 5.75 Å². The van der Waals surface area contributed by atoms with Gasteiger partial charge < -0.3 is 14.4 Å². The Bertz CT molecular complexity index is 925. The normalized spacial score (nSPS) is 10.4. The van der Waals surface area contributed by atoms with Crippen LogP contribution in [0.4, 0.5) is 0 Å². The second-order valence-electron chi connectivity index (χ2n) is 6.44. The van der Waals surface area contributed by atoms with E-state index in [0.29, 0.717) is 24.4 Å². The topological polar surface area (TPSA) is 55.8 Å². The molecule has 29 heavy (non-hydrogen) atoms. The maximum absolute atomic E-state index is 12.8. The molecule has 0 unspecified atom stereocenters. The number of hydrogen-bond donors (Lipinski definition) is 0. The first kappa shape index (κ1) is 20.6. The predicted molar refractivity (Wildman–Crippen MR) is 113 cm³/mol. The fraction of sp³-hybridized carbons (Fsp3) is 0.217. The summed E-state index contributed by atoms with van der Waals surface area (Å²) in [6.45, 7) is 0.758. The summed E-state index contributed by atoms with van der Waals surface area (Å²) in [5.41, 5.74) is 1.51. The molecule has 2 aromatic carbocycles. The zero-order valence-electron chi connectivity index (χ0n) is 16.2. The molecule has 0 bridgehead atoms. The van der Waals surface area contributed by atoms with Crippen molar-refractivity contribution in [2.45, 2.75) is 13.0 Å². The summed E-state index contributed by atoms with van der Waals surface area (Å²) in [6, 6.07) is 20.6. The largest absolute Gasteiger partial charge is 0.497 e. The molecule has 1 heterocycles. The molecule has 0 aliphatic rings. The Kier molecular flexibility index (Phi) is 7.41. The SMILES string of the molecule is COc1cccc(C(=O)OCC(=O)N(CCc2ccccc2)Cc2cccs2)c1. The summed E-state index contributed by atoms with van der Waals surface area (Å²) in [5, 5.41) is 1.98. The molecule has 0 saturated carbocycles. The average molecular weight is 410 g/mol. The number of carbonyl (C=O) groups excluding carboxylic acids is 2. The summed E-state index contributed by atoms with van der Waals surface area (Å²) >= 11 is 1.60. The molecule has 0 N–H and O–H groups in total. The van der Waals surface area contributed by atoms with Crippen LogP contribution in [0.2, 0.25) is 0 Å².